The summed E-state index contributed by atoms with van der Waals surface area (Å²) in [6.45, 7) is 26.3. The van der Waals surface area contributed by atoms with Crippen LogP contribution >= 0.6 is 0 Å². The quantitative estimate of drug-likeness (QED) is 0.0969. The second kappa shape index (κ2) is 11.1. The summed E-state index contributed by atoms with van der Waals surface area (Å²) in [6.07, 6.45) is 13.8. The van der Waals surface area contributed by atoms with Gasteiger partial charge in [-0.3, -0.25) is 4.99 Å². The fourth-order valence-electron chi connectivity index (χ4n) is 9.43. The zero-order chi connectivity index (χ0) is 35.3. The van der Waals surface area contributed by atoms with Crippen LogP contribution in [0.2, 0.25) is 0 Å². The number of aliphatic imine (C=N–C) groups is 1. The third-order valence-electron chi connectivity index (χ3n) is 11.7. The summed E-state index contributed by atoms with van der Waals surface area (Å²) in [5.41, 5.74) is 18.0. The largest absolute Gasteiger partial charge is 0.257 e. The summed E-state index contributed by atoms with van der Waals surface area (Å²) >= 11 is 0. The third-order valence-corrected chi connectivity index (χ3v) is 11.7. The summed E-state index contributed by atoms with van der Waals surface area (Å²) in [5, 5.41) is 8.39. The summed E-state index contributed by atoms with van der Waals surface area (Å²) in [4.78, 5) is 4.64. The van der Waals surface area contributed by atoms with Crippen molar-refractivity contribution in [2.24, 2.45) is 4.99 Å². The lowest BCUT2D eigenvalue weighted by Crippen LogP contribution is -2.17. The van der Waals surface area contributed by atoms with Crippen molar-refractivity contribution >= 4 is 43.6 Å². The van der Waals surface area contributed by atoms with Crippen molar-refractivity contribution in [1.82, 2.24) is 0 Å². The van der Waals surface area contributed by atoms with Crippen molar-refractivity contribution in [2.45, 2.75) is 66.2 Å². The van der Waals surface area contributed by atoms with E-state index in [4.69, 9.17) is 0 Å². The Labute approximate surface area is 297 Å². The molecule has 50 heavy (non-hydrogen) atoms. The van der Waals surface area contributed by atoms with Crippen LogP contribution in [0.3, 0.4) is 0 Å². The van der Waals surface area contributed by atoms with E-state index in [0.29, 0.717) is 0 Å². The van der Waals surface area contributed by atoms with Crippen LogP contribution < -0.4 is 0 Å². The highest BCUT2D eigenvalue weighted by Crippen LogP contribution is 2.61. The molecule has 0 radical (unpaired) electrons. The number of hydrogen-bond donors (Lipinski definition) is 0. The van der Waals surface area contributed by atoms with Gasteiger partial charge in [-0.15, -0.1) is 0 Å². The van der Waals surface area contributed by atoms with Crippen LogP contribution in [0.25, 0.3) is 60.1 Å². The first-order chi connectivity index (χ1) is 24.0. The van der Waals surface area contributed by atoms with Gasteiger partial charge in [0.05, 0.1) is 5.71 Å². The van der Waals surface area contributed by atoms with E-state index in [9.17, 15) is 0 Å². The molecule has 0 aromatic heterocycles. The summed E-state index contributed by atoms with van der Waals surface area (Å²) < 4.78 is 0. The highest BCUT2D eigenvalue weighted by atomic mass is 14.7. The summed E-state index contributed by atoms with van der Waals surface area (Å²) in [7, 11) is 0. The number of nitrogens with zero attached hydrogens (tertiary/aromatic N) is 1. The topological polar surface area (TPSA) is 12.4 Å². The monoisotopic (exact) mass is 647 g/mol. The van der Waals surface area contributed by atoms with Crippen molar-refractivity contribution in [3.8, 4) is 22.3 Å². The molecular weight excluding hydrogens is 603 g/mol. The lowest BCUT2D eigenvalue weighted by atomic mass is 9.74. The van der Waals surface area contributed by atoms with Gasteiger partial charge in [-0.2, -0.15) is 0 Å². The minimum Gasteiger partial charge on any atom is -0.257 e. The first-order valence-electron chi connectivity index (χ1n) is 17.8. The minimum atomic E-state index is -0.209. The molecule has 1 heteroatoms. The molecule has 0 unspecified atom stereocenters. The van der Waals surface area contributed by atoms with Crippen LogP contribution in [0.4, 0.5) is 0 Å². The lowest BCUT2D eigenvalue weighted by Gasteiger charge is -2.29. The highest BCUT2D eigenvalue weighted by molar-refractivity contribution is 6.34. The zero-order valence-electron chi connectivity index (χ0n) is 30.7. The molecule has 0 heterocycles. The van der Waals surface area contributed by atoms with E-state index in [2.05, 4.69) is 146 Å². The second-order valence-corrected chi connectivity index (χ2v) is 15.3. The van der Waals surface area contributed by atoms with Crippen molar-refractivity contribution < 1.29 is 0 Å². The fourth-order valence-corrected chi connectivity index (χ4v) is 9.43. The summed E-state index contributed by atoms with van der Waals surface area (Å²) in [6, 6.07) is 23.7. The number of benzene rings is 6. The van der Waals surface area contributed by atoms with Gasteiger partial charge in [0.1, 0.15) is 0 Å². The molecule has 0 saturated heterocycles. The van der Waals surface area contributed by atoms with Crippen molar-refractivity contribution in [2.75, 3.05) is 0 Å². The molecule has 0 amide bonds. The Balaban J connectivity index is 1.50. The van der Waals surface area contributed by atoms with Crippen molar-refractivity contribution in [3.05, 3.63) is 161 Å². The van der Waals surface area contributed by atoms with Crippen molar-refractivity contribution in [1.29, 1.82) is 0 Å². The van der Waals surface area contributed by atoms with Crippen LogP contribution in [-0.4, -0.2) is 5.71 Å². The fraction of sp³-hybridized carbons (Fsp3) is 0.204. The van der Waals surface area contributed by atoms with E-state index >= 15 is 0 Å². The zero-order valence-corrected chi connectivity index (χ0v) is 30.7. The van der Waals surface area contributed by atoms with Gasteiger partial charge in [0.15, 0.2) is 0 Å². The molecule has 0 atom stereocenters. The van der Waals surface area contributed by atoms with Gasteiger partial charge >= 0.3 is 0 Å². The van der Waals surface area contributed by atoms with E-state index in [1.54, 1.807) is 6.20 Å². The molecule has 6 aromatic rings. The Bertz CT molecular complexity index is 2590. The van der Waals surface area contributed by atoms with Crippen LogP contribution in [0, 0.1) is 13.8 Å². The van der Waals surface area contributed by atoms with Crippen LogP contribution in [0.5, 0.6) is 0 Å². The molecule has 0 saturated carbocycles. The predicted molar refractivity (Wildman–Crippen MR) is 219 cm³/mol. The van der Waals surface area contributed by atoms with Gasteiger partial charge in [-0.1, -0.05) is 120 Å². The highest BCUT2D eigenvalue weighted by Gasteiger charge is 2.43. The van der Waals surface area contributed by atoms with Gasteiger partial charge in [0.2, 0.25) is 0 Å². The number of fused-ring (bicyclic) bond motifs is 10. The predicted octanol–water partition coefficient (Wildman–Crippen LogP) is 13.5. The van der Waals surface area contributed by atoms with E-state index in [1.807, 2.05) is 25.2 Å². The number of rotatable bonds is 6. The van der Waals surface area contributed by atoms with E-state index in [-0.39, 0.29) is 10.8 Å². The average molecular weight is 648 g/mol. The molecule has 0 bridgehead atoms. The molecule has 8 rings (SSSR count). The van der Waals surface area contributed by atoms with Crippen molar-refractivity contribution in [3.63, 3.8) is 0 Å². The maximum atomic E-state index is 4.64. The number of aryl methyl sites for hydroxylation is 2. The molecule has 246 valence electrons. The molecule has 1 nitrogen and oxygen atoms in total. The van der Waals surface area contributed by atoms with Gasteiger partial charge < -0.3 is 0 Å². The first-order valence-corrected chi connectivity index (χ1v) is 17.8. The Kier molecular flexibility index (Phi) is 7.11. The molecule has 2 aliphatic carbocycles. The smallest absolute Gasteiger partial charge is 0.0698 e. The van der Waals surface area contributed by atoms with Gasteiger partial charge in [0.25, 0.3) is 0 Å². The van der Waals surface area contributed by atoms with Crippen LogP contribution in [0.1, 0.15) is 86.1 Å². The van der Waals surface area contributed by atoms with Crippen LogP contribution in [-0.2, 0) is 10.8 Å². The average Bonchev–Trinajstić information content (AvgIpc) is 3.48. The SMILES string of the molecule is C=C/C=C\C=C(/C)c1ccc2c(c1)C(C)(C)c1c-2c2c(C)ccc3c4c(c5c(C)ccc1c5c32)-c1ccc(C(/C=C\C)=NC=C)cc1C4(C)C. The molecule has 0 aliphatic heterocycles. The third kappa shape index (κ3) is 4.16. The Morgan fingerprint density at radius 3 is 1.68 bits per heavy atom. The van der Waals surface area contributed by atoms with Gasteiger partial charge in [0, 0.05) is 22.6 Å². The summed E-state index contributed by atoms with van der Waals surface area (Å²) in [5.74, 6) is 0. The Morgan fingerprint density at radius 1 is 0.660 bits per heavy atom. The van der Waals surface area contributed by atoms with E-state index in [0.717, 1.165) is 11.3 Å². The number of allylic oxidation sites excluding steroid dienone is 7. The molecule has 6 aromatic carbocycles. The second-order valence-electron chi connectivity index (χ2n) is 15.3. The number of hydrogen-bond acceptors (Lipinski definition) is 1. The maximum Gasteiger partial charge on any atom is 0.0698 e. The first kappa shape index (κ1) is 32.0. The Hall–Kier alpha value is -5.27. The maximum absolute atomic E-state index is 4.64. The molecule has 0 fully saturated rings. The minimum absolute atomic E-state index is 0.175. The van der Waals surface area contributed by atoms with E-state index in [1.165, 1.54) is 99.1 Å². The molecule has 2 aliphatic rings. The van der Waals surface area contributed by atoms with Gasteiger partial charge in [-0.25, -0.2) is 0 Å². The Morgan fingerprint density at radius 2 is 1.18 bits per heavy atom. The molecule has 0 spiro atoms. The molecule has 0 N–H and O–H groups in total. The lowest BCUT2D eigenvalue weighted by molar-refractivity contribution is 0.665. The van der Waals surface area contributed by atoms with Crippen LogP contribution in [0.15, 0.2) is 121 Å². The van der Waals surface area contributed by atoms with Gasteiger partial charge in [-0.05, 0) is 145 Å². The normalized spacial score (nSPS) is 16.2. The molecular formula is C49H45N. The standard InChI is InChI=1S/C49H45N/c1-11-14-15-17-28(4)31-20-24-33-37(26-31)48(7,8)46-35-22-18-30(6)41-42(35)43-36(23-19-29(5)40(43)44(33)46)47-45(41)34-25-21-32(27-38(34)49(47,9)10)39(16-12-2)50-13-3/h11-27H,1,3H2,2,4-10H3/b15-14-,16-12-,28-17+,50-39?. The van der Waals surface area contributed by atoms with E-state index < -0.39 is 0 Å².